The molecule has 160 valence electrons. The summed E-state index contributed by atoms with van der Waals surface area (Å²) in [5.41, 5.74) is 2.49. The molecule has 0 aromatic heterocycles. The van der Waals surface area contributed by atoms with Gasteiger partial charge in [-0.05, 0) is 74.2 Å². The van der Waals surface area contributed by atoms with Crippen molar-refractivity contribution in [2.75, 3.05) is 19.8 Å². The fourth-order valence-corrected chi connectivity index (χ4v) is 2.90. The third-order valence-electron chi connectivity index (χ3n) is 4.34. The summed E-state index contributed by atoms with van der Waals surface area (Å²) in [6, 6.07) is 11.1. The molecule has 2 rings (SSSR count). The minimum absolute atomic E-state index is 0.0731. The van der Waals surface area contributed by atoms with Crippen molar-refractivity contribution in [3.63, 3.8) is 0 Å². The summed E-state index contributed by atoms with van der Waals surface area (Å²) in [5, 5.41) is 0. The van der Waals surface area contributed by atoms with Crippen molar-refractivity contribution in [2.45, 2.75) is 40.0 Å². The fraction of sp³-hybridized carbons (Fsp3) is 0.346. The van der Waals surface area contributed by atoms with Crippen LogP contribution in [0.5, 0.6) is 17.2 Å². The number of carbonyl (C=O) groups excluding carboxylic acids is 1. The van der Waals surface area contributed by atoms with Gasteiger partial charge in [0.05, 0.1) is 19.8 Å². The van der Waals surface area contributed by atoms with Crippen LogP contribution >= 0.6 is 0 Å². The summed E-state index contributed by atoms with van der Waals surface area (Å²) in [5.74, 6) is 2.20. The Balaban J connectivity index is 2.30. The highest BCUT2D eigenvalue weighted by Crippen LogP contribution is 2.31. The van der Waals surface area contributed by atoms with E-state index in [0.29, 0.717) is 37.6 Å². The average Bonchev–Trinajstić information content (AvgIpc) is 2.76. The molecule has 0 N–H and O–H groups in total. The second-order valence-corrected chi connectivity index (χ2v) is 6.84. The Kier molecular flexibility index (Phi) is 9.72. The third kappa shape index (κ3) is 6.80. The molecular formula is C26H32O4. The van der Waals surface area contributed by atoms with Gasteiger partial charge in [0, 0.05) is 17.2 Å². The predicted molar refractivity (Wildman–Crippen MR) is 123 cm³/mol. The van der Waals surface area contributed by atoms with Gasteiger partial charge >= 0.3 is 0 Å². The largest absolute Gasteiger partial charge is 0.494 e. The maximum atomic E-state index is 12.6. The number of allylic oxidation sites excluding steroid dienone is 2. The molecule has 0 fully saturated rings. The monoisotopic (exact) mass is 408 g/mol. The molecule has 0 saturated heterocycles. The van der Waals surface area contributed by atoms with E-state index >= 15 is 0 Å². The molecule has 2 aromatic carbocycles. The van der Waals surface area contributed by atoms with E-state index in [4.69, 9.17) is 14.2 Å². The summed E-state index contributed by atoms with van der Waals surface area (Å²) >= 11 is 0. The normalized spacial score (nSPS) is 10.8. The zero-order valence-electron chi connectivity index (χ0n) is 18.3. The topological polar surface area (TPSA) is 44.8 Å². The van der Waals surface area contributed by atoms with Crippen LogP contribution < -0.4 is 14.2 Å². The highest BCUT2D eigenvalue weighted by molar-refractivity contribution is 6.07. The Morgan fingerprint density at radius 2 is 1.60 bits per heavy atom. The zero-order valence-corrected chi connectivity index (χ0v) is 18.3. The Hall–Kier alpha value is -3.01. The van der Waals surface area contributed by atoms with Gasteiger partial charge in [0.15, 0.2) is 5.78 Å². The molecule has 0 heterocycles. The first-order valence-electron chi connectivity index (χ1n) is 10.6. The van der Waals surface area contributed by atoms with Gasteiger partial charge in [-0.2, -0.15) is 0 Å². The van der Waals surface area contributed by atoms with Crippen LogP contribution in [0.4, 0.5) is 0 Å². The van der Waals surface area contributed by atoms with Crippen LogP contribution in [0.1, 0.15) is 55.1 Å². The van der Waals surface area contributed by atoms with Crippen LogP contribution in [0, 0.1) is 0 Å². The molecule has 0 saturated carbocycles. The Morgan fingerprint density at radius 1 is 0.933 bits per heavy atom. The first kappa shape index (κ1) is 23.3. The van der Waals surface area contributed by atoms with Crippen molar-refractivity contribution in [1.82, 2.24) is 0 Å². The van der Waals surface area contributed by atoms with Crippen molar-refractivity contribution < 1.29 is 19.0 Å². The minimum Gasteiger partial charge on any atom is -0.494 e. The molecule has 0 aliphatic heterocycles. The molecule has 0 unspecified atom stereocenters. The smallest absolute Gasteiger partial charge is 0.185 e. The van der Waals surface area contributed by atoms with Gasteiger partial charge in [-0.15, -0.1) is 6.58 Å². The quantitative estimate of drug-likeness (QED) is 0.222. The molecule has 4 nitrogen and oxygen atoms in total. The lowest BCUT2D eigenvalue weighted by Gasteiger charge is -2.15. The summed E-state index contributed by atoms with van der Waals surface area (Å²) < 4.78 is 17.3. The molecule has 0 aliphatic carbocycles. The molecular weight excluding hydrogens is 376 g/mol. The second kappa shape index (κ2) is 12.5. The summed E-state index contributed by atoms with van der Waals surface area (Å²) in [4.78, 5) is 12.6. The molecule has 0 spiro atoms. The van der Waals surface area contributed by atoms with Crippen LogP contribution in [0.15, 0.2) is 55.1 Å². The molecule has 0 amide bonds. The van der Waals surface area contributed by atoms with E-state index in [2.05, 4.69) is 20.4 Å². The van der Waals surface area contributed by atoms with E-state index in [0.717, 1.165) is 35.5 Å². The van der Waals surface area contributed by atoms with E-state index < -0.39 is 0 Å². The Morgan fingerprint density at radius 3 is 2.20 bits per heavy atom. The molecule has 30 heavy (non-hydrogen) atoms. The number of hydrogen-bond acceptors (Lipinski definition) is 4. The number of rotatable bonds is 13. The number of carbonyl (C=O) groups is 1. The number of ketones is 1. The van der Waals surface area contributed by atoms with Gasteiger partial charge in [-0.1, -0.05) is 19.9 Å². The summed E-state index contributed by atoms with van der Waals surface area (Å²) in [7, 11) is 0. The van der Waals surface area contributed by atoms with E-state index in [-0.39, 0.29) is 5.78 Å². The Bertz CT molecular complexity index is 850. The molecule has 4 heteroatoms. The molecule has 2 aromatic rings. The molecule has 0 radical (unpaired) electrons. The van der Waals surface area contributed by atoms with E-state index in [9.17, 15) is 4.79 Å². The lowest BCUT2D eigenvalue weighted by atomic mass is 10.0. The first-order chi connectivity index (χ1) is 14.6. The third-order valence-corrected chi connectivity index (χ3v) is 4.34. The van der Waals surface area contributed by atoms with Crippen molar-refractivity contribution in [1.29, 1.82) is 0 Å². The van der Waals surface area contributed by atoms with Crippen molar-refractivity contribution in [2.24, 2.45) is 0 Å². The van der Waals surface area contributed by atoms with Gasteiger partial charge in [-0.25, -0.2) is 0 Å². The summed E-state index contributed by atoms with van der Waals surface area (Å²) in [6.07, 6.45) is 7.73. The van der Waals surface area contributed by atoms with Gasteiger partial charge in [-0.3, -0.25) is 4.79 Å². The van der Waals surface area contributed by atoms with Crippen LogP contribution in [0.25, 0.3) is 6.08 Å². The molecule has 0 bridgehead atoms. The van der Waals surface area contributed by atoms with Crippen molar-refractivity contribution >= 4 is 11.9 Å². The fourth-order valence-electron chi connectivity index (χ4n) is 2.90. The Labute approximate surface area is 180 Å². The number of ether oxygens (including phenoxy) is 3. The minimum atomic E-state index is -0.0731. The first-order valence-corrected chi connectivity index (χ1v) is 10.6. The van der Waals surface area contributed by atoms with Crippen molar-refractivity contribution in [3.8, 4) is 17.2 Å². The lowest BCUT2D eigenvalue weighted by molar-refractivity contribution is 0.104. The predicted octanol–water partition coefficient (Wildman–Crippen LogP) is 6.29. The van der Waals surface area contributed by atoms with Gasteiger partial charge < -0.3 is 14.2 Å². The van der Waals surface area contributed by atoms with E-state index in [1.54, 1.807) is 24.3 Å². The lowest BCUT2D eigenvalue weighted by Crippen LogP contribution is -2.03. The maximum absolute atomic E-state index is 12.6. The standard InChI is InChI=1S/C26H32O4/c1-5-9-21-18-22(26(30-17-7-3)19-25(21)29-16-6-2)12-15-24(27)20-10-13-23(14-11-20)28-8-4/h5,10-15,18-19H,1,6-9,16-17H2,2-4H3/b15-12+. The average molecular weight is 409 g/mol. The highest BCUT2D eigenvalue weighted by atomic mass is 16.5. The van der Waals surface area contributed by atoms with Crippen LogP contribution in [-0.2, 0) is 6.42 Å². The molecule has 0 aliphatic rings. The number of hydrogen-bond donors (Lipinski definition) is 0. The van der Waals surface area contributed by atoms with Gasteiger partial charge in [0.25, 0.3) is 0 Å². The van der Waals surface area contributed by atoms with E-state index in [1.165, 1.54) is 0 Å². The van der Waals surface area contributed by atoms with Crippen LogP contribution in [-0.4, -0.2) is 25.6 Å². The van der Waals surface area contributed by atoms with E-state index in [1.807, 2.05) is 37.3 Å². The molecule has 0 atom stereocenters. The van der Waals surface area contributed by atoms with Crippen molar-refractivity contribution in [3.05, 3.63) is 71.8 Å². The van der Waals surface area contributed by atoms with Crippen LogP contribution in [0.3, 0.4) is 0 Å². The zero-order chi connectivity index (χ0) is 21.8. The SMILES string of the molecule is C=CCc1cc(/C=C/C(=O)c2ccc(OCC)cc2)c(OCCC)cc1OCCC. The van der Waals surface area contributed by atoms with Crippen LogP contribution in [0.2, 0.25) is 0 Å². The van der Waals surface area contributed by atoms with Gasteiger partial charge in [0.1, 0.15) is 17.2 Å². The highest BCUT2D eigenvalue weighted by Gasteiger charge is 2.11. The maximum Gasteiger partial charge on any atom is 0.185 e. The van der Waals surface area contributed by atoms with Gasteiger partial charge in [0.2, 0.25) is 0 Å². The number of benzene rings is 2. The second-order valence-electron chi connectivity index (χ2n) is 6.84. The summed E-state index contributed by atoms with van der Waals surface area (Å²) in [6.45, 7) is 11.7.